The lowest BCUT2D eigenvalue weighted by molar-refractivity contribution is -0.113. The fraction of sp³-hybridized carbons (Fsp3) is 0.667. The number of ketones is 1. The van der Waals surface area contributed by atoms with E-state index in [1.807, 2.05) is 6.92 Å². The zero-order valence-corrected chi connectivity index (χ0v) is 6.74. The minimum Gasteiger partial charge on any atom is -0.285 e. The number of hydrogen-bond donors (Lipinski definition) is 0. The third kappa shape index (κ3) is 5.37. The van der Waals surface area contributed by atoms with Gasteiger partial charge in [-0.05, 0) is 18.8 Å². The Balaban J connectivity index is 3.48. The van der Waals surface area contributed by atoms with E-state index in [4.69, 9.17) is 0 Å². The van der Waals surface area contributed by atoms with E-state index in [1.165, 1.54) is 0 Å². The smallest absolute Gasteiger partial charge is 0.205 e. The van der Waals surface area contributed by atoms with Crippen LogP contribution in [0, 0.1) is 11.8 Å². The van der Waals surface area contributed by atoms with Crippen molar-refractivity contribution in [1.29, 1.82) is 0 Å². The zero-order chi connectivity index (χ0) is 7.82. The topological polar surface area (TPSA) is 17.1 Å². The first-order valence-electron chi connectivity index (χ1n) is 3.83. The maximum absolute atomic E-state index is 10.7. The molecule has 0 radical (unpaired) electrons. The maximum Gasteiger partial charge on any atom is 0.205 e. The molecule has 0 rings (SSSR count). The summed E-state index contributed by atoms with van der Waals surface area (Å²) in [6.07, 6.45) is 3.39. The molecule has 0 aromatic heterocycles. The van der Waals surface area contributed by atoms with E-state index in [0.29, 0.717) is 6.42 Å². The van der Waals surface area contributed by atoms with Crippen LogP contribution in [0.15, 0.2) is 0 Å². The molecule has 0 saturated heterocycles. The Labute approximate surface area is 62.8 Å². The highest BCUT2D eigenvalue weighted by Crippen LogP contribution is 1.87. The molecule has 1 heteroatoms. The van der Waals surface area contributed by atoms with Gasteiger partial charge < -0.3 is 0 Å². The molecule has 0 heterocycles. The van der Waals surface area contributed by atoms with Crippen molar-refractivity contribution in [2.24, 2.45) is 0 Å². The number of carbonyl (C=O) groups excluding carboxylic acids is 1. The third-order valence-electron chi connectivity index (χ3n) is 1.08. The first-order chi connectivity index (χ1) is 4.81. The van der Waals surface area contributed by atoms with E-state index in [1.54, 1.807) is 0 Å². The molecule has 0 N–H and O–H groups in total. The molecule has 0 aliphatic heterocycles. The van der Waals surface area contributed by atoms with Gasteiger partial charge in [-0.3, -0.25) is 4.79 Å². The molecule has 1 nitrogen and oxygen atoms in total. The lowest BCUT2D eigenvalue weighted by atomic mass is 10.2. The predicted octanol–water partition coefficient (Wildman–Crippen LogP) is 2.16. The van der Waals surface area contributed by atoms with E-state index in [0.717, 1.165) is 19.3 Å². The van der Waals surface area contributed by atoms with Gasteiger partial charge in [0.15, 0.2) is 0 Å². The maximum atomic E-state index is 10.7. The van der Waals surface area contributed by atoms with Gasteiger partial charge in [0.2, 0.25) is 5.78 Å². The highest BCUT2D eigenvalue weighted by Gasteiger charge is 1.90. The summed E-state index contributed by atoms with van der Waals surface area (Å²) in [6.45, 7) is 4.04. The van der Waals surface area contributed by atoms with Crippen LogP contribution in [0.25, 0.3) is 0 Å². The van der Waals surface area contributed by atoms with E-state index < -0.39 is 0 Å². The highest BCUT2D eigenvalue weighted by molar-refractivity contribution is 5.95. The second-order valence-corrected chi connectivity index (χ2v) is 2.22. The molecule has 0 aliphatic rings. The van der Waals surface area contributed by atoms with Crippen LogP contribution in [0.2, 0.25) is 0 Å². The molecule has 0 bridgehead atoms. The van der Waals surface area contributed by atoms with Gasteiger partial charge in [-0.25, -0.2) is 0 Å². The average molecular weight is 138 g/mol. The van der Waals surface area contributed by atoms with Crippen molar-refractivity contribution < 1.29 is 4.79 Å². The predicted molar refractivity (Wildman–Crippen MR) is 42.6 cm³/mol. The number of Topliss-reactive ketones (excluding diaryl/α,β-unsaturated/α-hetero) is 1. The zero-order valence-electron chi connectivity index (χ0n) is 6.74. The third-order valence-corrected chi connectivity index (χ3v) is 1.08. The Morgan fingerprint density at radius 3 is 2.50 bits per heavy atom. The molecule has 0 aliphatic carbocycles. The van der Waals surface area contributed by atoms with Crippen molar-refractivity contribution in [2.45, 2.75) is 39.5 Å². The quantitative estimate of drug-likeness (QED) is 0.431. The molecule has 10 heavy (non-hydrogen) atoms. The molecule has 0 aromatic rings. The minimum absolute atomic E-state index is 0.0796. The largest absolute Gasteiger partial charge is 0.285 e. The number of carbonyl (C=O) groups is 1. The van der Waals surface area contributed by atoms with Crippen molar-refractivity contribution >= 4 is 5.78 Å². The second-order valence-electron chi connectivity index (χ2n) is 2.22. The van der Waals surface area contributed by atoms with Crippen LogP contribution < -0.4 is 0 Å². The molecule has 0 amide bonds. The van der Waals surface area contributed by atoms with Crippen LogP contribution in [0.3, 0.4) is 0 Å². The Kier molecular flexibility index (Phi) is 5.86. The van der Waals surface area contributed by atoms with Gasteiger partial charge in [-0.1, -0.05) is 19.8 Å². The first kappa shape index (κ1) is 9.23. The minimum atomic E-state index is 0.0796. The standard InChI is InChI=1S/C9H14O/c1-3-5-6-8-9(10)7-4-2/h3-5,7H2,1-2H3. The van der Waals surface area contributed by atoms with Crippen molar-refractivity contribution in [3.05, 3.63) is 0 Å². The molecular formula is C9H14O. The molecule has 0 spiro atoms. The summed E-state index contributed by atoms with van der Waals surface area (Å²) in [5, 5.41) is 0. The van der Waals surface area contributed by atoms with Gasteiger partial charge in [0, 0.05) is 12.8 Å². The normalized spacial score (nSPS) is 8.20. The lowest BCUT2D eigenvalue weighted by Gasteiger charge is -1.83. The van der Waals surface area contributed by atoms with Gasteiger partial charge in [0.1, 0.15) is 0 Å². The summed E-state index contributed by atoms with van der Waals surface area (Å²) in [5.41, 5.74) is 0. The van der Waals surface area contributed by atoms with Gasteiger partial charge >= 0.3 is 0 Å². The van der Waals surface area contributed by atoms with E-state index >= 15 is 0 Å². The summed E-state index contributed by atoms with van der Waals surface area (Å²) >= 11 is 0. The molecular weight excluding hydrogens is 124 g/mol. The Hall–Kier alpha value is -0.770. The lowest BCUT2D eigenvalue weighted by Crippen LogP contribution is -1.90. The van der Waals surface area contributed by atoms with Crippen molar-refractivity contribution in [1.82, 2.24) is 0 Å². The van der Waals surface area contributed by atoms with E-state index in [9.17, 15) is 4.79 Å². The van der Waals surface area contributed by atoms with Crippen LogP contribution in [-0.2, 0) is 4.79 Å². The van der Waals surface area contributed by atoms with Gasteiger partial charge in [0.25, 0.3) is 0 Å². The molecule has 56 valence electrons. The van der Waals surface area contributed by atoms with Gasteiger partial charge in [-0.15, -0.1) is 0 Å². The fourth-order valence-corrected chi connectivity index (χ4v) is 0.576. The number of hydrogen-bond acceptors (Lipinski definition) is 1. The van der Waals surface area contributed by atoms with Crippen LogP contribution in [0.1, 0.15) is 39.5 Å². The van der Waals surface area contributed by atoms with Crippen molar-refractivity contribution in [3.63, 3.8) is 0 Å². The molecule has 0 aromatic carbocycles. The van der Waals surface area contributed by atoms with Gasteiger partial charge in [0.05, 0.1) is 0 Å². The Bertz CT molecular complexity index is 148. The number of unbranched alkanes of at least 4 members (excludes halogenated alkanes) is 1. The fourth-order valence-electron chi connectivity index (χ4n) is 0.576. The van der Waals surface area contributed by atoms with Crippen molar-refractivity contribution in [3.8, 4) is 11.8 Å². The SMILES string of the molecule is CCCC#CC(=O)CCC. The summed E-state index contributed by atoms with van der Waals surface area (Å²) in [7, 11) is 0. The Morgan fingerprint density at radius 1 is 1.30 bits per heavy atom. The van der Waals surface area contributed by atoms with Crippen LogP contribution in [0.4, 0.5) is 0 Å². The molecule has 0 saturated carbocycles. The van der Waals surface area contributed by atoms with Crippen LogP contribution in [-0.4, -0.2) is 5.78 Å². The van der Waals surface area contributed by atoms with Crippen LogP contribution >= 0.6 is 0 Å². The van der Waals surface area contributed by atoms with Crippen molar-refractivity contribution in [2.75, 3.05) is 0 Å². The van der Waals surface area contributed by atoms with Gasteiger partial charge in [-0.2, -0.15) is 0 Å². The highest BCUT2D eigenvalue weighted by atomic mass is 16.1. The summed E-state index contributed by atoms with van der Waals surface area (Å²) in [4.78, 5) is 10.7. The summed E-state index contributed by atoms with van der Waals surface area (Å²) in [5.74, 6) is 5.50. The average Bonchev–Trinajstić information content (AvgIpc) is 1.89. The monoisotopic (exact) mass is 138 g/mol. The summed E-state index contributed by atoms with van der Waals surface area (Å²) < 4.78 is 0. The Morgan fingerprint density at radius 2 is 2.00 bits per heavy atom. The van der Waals surface area contributed by atoms with E-state index in [-0.39, 0.29) is 5.78 Å². The van der Waals surface area contributed by atoms with E-state index in [2.05, 4.69) is 18.8 Å². The first-order valence-corrected chi connectivity index (χ1v) is 3.83. The second kappa shape index (κ2) is 6.35. The number of rotatable bonds is 3. The van der Waals surface area contributed by atoms with Crippen LogP contribution in [0.5, 0.6) is 0 Å². The summed E-state index contributed by atoms with van der Waals surface area (Å²) in [6, 6.07) is 0. The molecule has 0 atom stereocenters. The molecule has 0 fully saturated rings. The molecule has 0 unspecified atom stereocenters.